The van der Waals surface area contributed by atoms with E-state index < -0.39 is 0 Å². The number of fused-ring (bicyclic) bond motifs is 1. The molecule has 0 atom stereocenters. The number of aromatic hydroxyl groups is 1. The van der Waals surface area contributed by atoms with Gasteiger partial charge in [-0.1, -0.05) is 36.4 Å². The molecule has 0 saturated carbocycles. The second-order valence-electron chi connectivity index (χ2n) is 5.05. The lowest BCUT2D eigenvalue weighted by Crippen LogP contribution is -2.05. The summed E-state index contributed by atoms with van der Waals surface area (Å²) in [6.07, 6.45) is 0. The molecule has 0 fully saturated rings. The van der Waals surface area contributed by atoms with E-state index in [1.54, 1.807) is 31.4 Å². The van der Waals surface area contributed by atoms with E-state index in [-0.39, 0.29) is 17.1 Å². The van der Waals surface area contributed by atoms with Crippen molar-refractivity contribution in [2.24, 2.45) is 0 Å². The highest BCUT2D eigenvalue weighted by Crippen LogP contribution is 2.38. The maximum atomic E-state index is 12.9. The number of hydrogen-bond donors (Lipinski definition) is 1. The summed E-state index contributed by atoms with van der Waals surface area (Å²) >= 11 is 0. The van der Waals surface area contributed by atoms with Crippen molar-refractivity contribution in [3.63, 3.8) is 0 Å². The summed E-state index contributed by atoms with van der Waals surface area (Å²) in [6.45, 7) is 0. The Bertz CT molecular complexity index is 884. The van der Waals surface area contributed by atoms with Crippen LogP contribution in [-0.4, -0.2) is 25.1 Å². The number of ether oxygens (including phenoxy) is 2. The molecule has 0 unspecified atom stereocenters. The average molecular weight is 308 g/mol. The molecule has 3 aromatic carbocycles. The number of methoxy groups -OCH3 is 2. The van der Waals surface area contributed by atoms with Crippen molar-refractivity contribution in [1.29, 1.82) is 0 Å². The maximum absolute atomic E-state index is 12.9. The van der Waals surface area contributed by atoms with Gasteiger partial charge in [-0.25, -0.2) is 0 Å². The molecule has 0 radical (unpaired) electrons. The molecule has 0 aromatic heterocycles. The third-order valence-electron chi connectivity index (χ3n) is 3.77. The summed E-state index contributed by atoms with van der Waals surface area (Å²) in [7, 11) is 3.08. The summed E-state index contributed by atoms with van der Waals surface area (Å²) in [5.41, 5.74) is 0.577. The number of ketones is 1. The maximum Gasteiger partial charge on any atom is 0.200 e. The first-order chi connectivity index (χ1) is 11.2. The number of para-hydroxylation sites is 1. The molecule has 0 aliphatic carbocycles. The van der Waals surface area contributed by atoms with E-state index in [4.69, 9.17) is 9.47 Å². The molecule has 4 nitrogen and oxygen atoms in total. The molecule has 4 heteroatoms. The first-order valence-electron chi connectivity index (χ1n) is 7.13. The molecule has 0 spiro atoms. The lowest BCUT2D eigenvalue weighted by Gasteiger charge is -2.14. The van der Waals surface area contributed by atoms with Gasteiger partial charge < -0.3 is 14.6 Å². The number of phenolic OH excluding ortho intramolecular Hbond substituents is 1. The fourth-order valence-electron chi connectivity index (χ4n) is 2.68. The average Bonchev–Trinajstić information content (AvgIpc) is 2.60. The van der Waals surface area contributed by atoms with Crippen molar-refractivity contribution < 1.29 is 19.4 Å². The first kappa shape index (κ1) is 14.9. The molecule has 0 saturated heterocycles. The van der Waals surface area contributed by atoms with Gasteiger partial charge in [0, 0.05) is 10.8 Å². The second kappa shape index (κ2) is 6.01. The van der Waals surface area contributed by atoms with Gasteiger partial charge in [-0.05, 0) is 18.2 Å². The SMILES string of the molecule is COc1cc(C(=O)c2ccccc2O)c(OC)c2ccccc12. The van der Waals surface area contributed by atoms with Gasteiger partial charge in [-0.3, -0.25) is 4.79 Å². The predicted octanol–water partition coefficient (Wildman–Crippen LogP) is 3.79. The van der Waals surface area contributed by atoms with Crippen LogP contribution in [0, 0.1) is 0 Å². The van der Waals surface area contributed by atoms with Crippen LogP contribution in [0.15, 0.2) is 54.6 Å². The normalized spacial score (nSPS) is 10.5. The molecule has 0 heterocycles. The Kier molecular flexibility index (Phi) is 3.89. The fraction of sp³-hybridized carbons (Fsp3) is 0.105. The highest BCUT2D eigenvalue weighted by Gasteiger charge is 2.21. The summed E-state index contributed by atoms with van der Waals surface area (Å²) in [5, 5.41) is 11.6. The van der Waals surface area contributed by atoms with E-state index >= 15 is 0 Å². The number of phenols is 1. The van der Waals surface area contributed by atoms with Crippen LogP contribution in [0.5, 0.6) is 17.2 Å². The van der Waals surface area contributed by atoms with Crippen LogP contribution in [-0.2, 0) is 0 Å². The Morgan fingerprint density at radius 1 is 0.870 bits per heavy atom. The molecule has 23 heavy (non-hydrogen) atoms. The van der Waals surface area contributed by atoms with Gasteiger partial charge in [0.1, 0.15) is 17.2 Å². The van der Waals surface area contributed by atoms with Gasteiger partial charge in [-0.15, -0.1) is 0 Å². The molecule has 0 bridgehead atoms. The molecular formula is C19H16O4. The molecule has 0 aliphatic rings. The van der Waals surface area contributed by atoms with Crippen LogP contribution in [0.2, 0.25) is 0 Å². The van der Waals surface area contributed by atoms with Gasteiger partial charge in [0.2, 0.25) is 5.78 Å². The van der Waals surface area contributed by atoms with Gasteiger partial charge in [-0.2, -0.15) is 0 Å². The van der Waals surface area contributed by atoms with Crippen molar-refractivity contribution >= 4 is 16.6 Å². The van der Waals surface area contributed by atoms with E-state index in [0.717, 1.165) is 10.8 Å². The third kappa shape index (κ3) is 2.48. The van der Waals surface area contributed by atoms with Crippen molar-refractivity contribution in [3.05, 3.63) is 65.7 Å². The number of benzene rings is 3. The summed E-state index contributed by atoms with van der Waals surface area (Å²) in [6, 6.07) is 15.6. The third-order valence-corrected chi connectivity index (χ3v) is 3.77. The van der Waals surface area contributed by atoms with Crippen LogP contribution in [0.25, 0.3) is 10.8 Å². The standard InChI is InChI=1S/C19H16O4/c1-22-17-11-15(18(21)14-9-5-6-10-16(14)20)19(23-2)13-8-4-3-7-12(13)17/h3-11,20H,1-2H3. The zero-order valence-corrected chi connectivity index (χ0v) is 12.9. The van der Waals surface area contributed by atoms with Crippen LogP contribution < -0.4 is 9.47 Å². The predicted molar refractivity (Wildman–Crippen MR) is 88.6 cm³/mol. The van der Waals surface area contributed by atoms with Crippen LogP contribution in [0.3, 0.4) is 0 Å². The van der Waals surface area contributed by atoms with Crippen molar-refractivity contribution in [2.45, 2.75) is 0 Å². The van der Waals surface area contributed by atoms with Gasteiger partial charge in [0.25, 0.3) is 0 Å². The summed E-state index contributed by atoms with van der Waals surface area (Å²) in [4.78, 5) is 12.9. The van der Waals surface area contributed by atoms with Crippen molar-refractivity contribution in [3.8, 4) is 17.2 Å². The number of carbonyl (C=O) groups excluding carboxylic acids is 1. The van der Waals surface area contributed by atoms with E-state index in [1.165, 1.54) is 13.2 Å². The fourth-order valence-corrected chi connectivity index (χ4v) is 2.68. The van der Waals surface area contributed by atoms with E-state index in [2.05, 4.69) is 0 Å². The van der Waals surface area contributed by atoms with Crippen LogP contribution in [0.4, 0.5) is 0 Å². The van der Waals surface area contributed by atoms with Crippen LogP contribution >= 0.6 is 0 Å². The largest absolute Gasteiger partial charge is 0.507 e. The molecule has 1 N–H and O–H groups in total. The molecule has 116 valence electrons. The first-order valence-corrected chi connectivity index (χ1v) is 7.13. The lowest BCUT2D eigenvalue weighted by atomic mass is 9.97. The van der Waals surface area contributed by atoms with Gasteiger partial charge >= 0.3 is 0 Å². The second-order valence-corrected chi connectivity index (χ2v) is 5.05. The van der Waals surface area contributed by atoms with E-state index in [0.29, 0.717) is 17.1 Å². The summed E-state index contributed by atoms with van der Waals surface area (Å²) < 4.78 is 10.9. The Balaban J connectivity index is 2.29. The molecular weight excluding hydrogens is 292 g/mol. The number of hydrogen-bond acceptors (Lipinski definition) is 4. The minimum absolute atomic E-state index is 0.0633. The van der Waals surface area contributed by atoms with Crippen LogP contribution in [0.1, 0.15) is 15.9 Å². The Morgan fingerprint density at radius 3 is 2.17 bits per heavy atom. The van der Waals surface area contributed by atoms with Crippen molar-refractivity contribution in [1.82, 2.24) is 0 Å². The Labute approximate surface area is 133 Å². The van der Waals surface area contributed by atoms with Gasteiger partial charge in [0.15, 0.2) is 0 Å². The Morgan fingerprint density at radius 2 is 1.52 bits per heavy atom. The number of rotatable bonds is 4. The summed E-state index contributed by atoms with van der Waals surface area (Å²) in [5.74, 6) is 0.672. The topological polar surface area (TPSA) is 55.8 Å². The highest BCUT2D eigenvalue weighted by atomic mass is 16.5. The molecule has 0 aliphatic heterocycles. The lowest BCUT2D eigenvalue weighted by molar-refractivity contribution is 0.103. The molecule has 3 aromatic rings. The minimum Gasteiger partial charge on any atom is -0.507 e. The smallest absolute Gasteiger partial charge is 0.200 e. The zero-order valence-electron chi connectivity index (χ0n) is 12.9. The van der Waals surface area contributed by atoms with E-state index in [9.17, 15) is 9.90 Å². The molecule has 3 rings (SSSR count). The monoisotopic (exact) mass is 308 g/mol. The highest BCUT2D eigenvalue weighted by molar-refractivity contribution is 6.15. The van der Waals surface area contributed by atoms with Gasteiger partial charge in [0.05, 0.1) is 25.3 Å². The van der Waals surface area contributed by atoms with Crippen molar-refractivity contribution in [2.75, 3.05) is 14.2 Å². The Hall–Kier alpha value is -3.01. The molecule has 0 amide bonds. The van der Waals surface area contributed by atoms with E-state index in [1.807, 2.05) is 24.3 Å². The minimum atomic E-state index is -0.316. The quantitative estimate of drug-likeness (QED) is 0.745. The zero-order chi connectivity index (χ0) is 16.4. The number of carbonyl (C=O) groups is 1.